The second-order valence-electron chi connectivity index (χ2n) is 7.59. The monoisotopic (exact) mass is 432 g/mol. The molecule has 1 amide bonds. The fourth-order valence-corrected chi connectivity index (χ4v) is 3.36. The number of nitrogens with zero attached hydrogens (tertiary/aromatic N) is 1. The van der Waals surface area contributed by atoms with Crippen LogP contribution in [0.5, 0.6) is 0 Å². The van der Waals surface area contributed by atoms with E-state index in [2.05, 4.69) is 15.3 Å². The third-order valence-corrected chi connectivity index (χ3v) is 5.14. The third-order valence-electron chi connectivity index (χ3n) is 5.14. The fourth-order valence-electron chi connectivity index (χ4n) is 3.36. The van der Waals surface area contributed by atoms with E-state index in [1.165, 1.54) is 12.5 Å². The lowest BCUT2D eigenvalue weighted by atomic mass is 9.97. The Balaban J connectivity index is 2.25. The van der Waals surface area contributed by atoms with Gasteiger partial charge >= 0.3 is 11.9 Å². The van der Waals surface area contributed by atoms with Gasteiger partial charge in [0.05, 0.1) is 26.0 Å². The highest BCUT2D eigenvalue weighted by Crippen LogP contribution is 2.30. The number of hydrogen-bond acceptors (Lipinski definition) is 10. The van der Waals surface area contributed by atoms with Crippen molar-refractivity contribution in [1.82, 2.24) is 15.3 Å². The number of aliphatic carboxylic acids is 1. The van der Waals surface area contributed by atoms with Crippen LogP contribution in [0.1, 0.15) is 19.5 Å². The lowest BCUT2D eigenvalue weighted by molar-refractivity contribution is -0.786. The van der Waals surface area contributed by atoms with Crippen molar-refractivity contribution in [2.24, 2.45) is 5.92 Å². The van der Waals surface area contributed by atoms with Crippen LogP contribution in [0.4, 0.5) is 0 Å². The Kier molecular flexibility index (Phi) is 8.01. The van der Waals surface area contributed by atoms with Gasteiger partial charge in [-0.05, 0) is 5.92 Å². The summed E-state index contributed by atoms with van der Waals surface area (Å²) in [5.74, 6) is -3.15. The molecule has 170 valence electrons. The lowest BCUT2D eigenvalue weighted by Crippen LogP contribution is -3.17. The highest BCUT2D eigenvalue weighted by molar-refractivity contribution is 5.79. The molecule has 0 bridgehead atoms. The van der Waals surface area contributed by atoms with E-state index in [1.54, 1.807) is 13.8 Å². The van der Waals surface area contributed by atoms with Gasteiger partial charge in [-0.25, -0.2) is 14.6 Å². The topological polar surface area (TPSA) is 213 Å². The molecule has 2 heterocycles. The number of aliphatic hydroxyl groups excluding tert-OH is 4. The van der Waals surface area contributed by atoms with E-state index in [0.717, 1.165) is 0 Å². The predicted molar refractivity (Wildman–Crippen MR) is 98.6 cm³/mol. The van der Waals surface area contributed by atoms with E-state index >= 15 is 0 Å². The van der Waals surface area contributed by atoms with Crippen molar-refractivity contribution >= 4 is 11.9 Å². The van der Waals surface area contributed by atoms with Crippen molar-refractivity contribution in [3.63, 3.8) is 0 Å². The van der Waals surface area contributed by atoms with E-state index in [9.17, 15) is 40.3 Å². The maximum absolute atomic E-state index is 12.9. The van der Waals surface area contributed by atoms with Gasteiger partial charge < -0.3 is 40.5 Å². The molecule has 1 unspecified atom stereocenters. The molecule has 1 aromatic heterocycles. The van der Waals surface area contributed by atoms with Crippen LogP contribution in [0.2, 0.25) is 0 Å². The van der Waals surface area contributed by atoms with Crippen molar-refractivity contribution in [2.75, 3.05) is 13.2 Å². The molecular weight excluding hydrogens is 404 g/mol. The molecule has 1 fully saturated rings. The number of aromatic amines is 1. The molecule has 0 aliphatic carbocycles. The van der Waals surface area contributed by atoms with Crippen LogP contribution < -0.4 is 10.4 Å². The molecule has 13 nitrogen and oxygen atoms in total. The van der Waals surface area contributed by atoms with Gasteiger partial charge in [0.25, 0.3) is 0 Å². The van der Waals surface area contributed by atoms with Crippen LogP contribution in [-0.2, 0) is 20.7 Å². The Morgan fingerprint density at radius 1 is 1.40 bits per heavy atom. The summed E-state index contributed by atoms with van der Waals surface area (Å²) in [6, 6.07) is -3.01. The number of amides is 1. The van der Waals surface area contributed by atoms with Crippen molar-refractivity contribution < 1.29 is 44.9 Å². The van der Waals surface area contributed by atoms with Gasteiger partial charge in [0.15, 0.2) is 11.8 Å². The number of aromatic nitrogens is 2. The van der Waals surface area contributed by atoms with Crippen LogP contribution in [0.25, 0.3) is 0 Å². The number of carbonyl (C=O) groups excluding carboxylic acids is 1. The lowest BCUT2D eigenvalue weighted by Gasteiger charge is -2.38. The largest absolute Gasteiger partial charge is 0.626 e. The molecule has 0 aromatic carbocycles. The van der Waals surface area contributed by atoms with E-state index in [4.69, 9.17) is 4.74 Å². The van der Waals surface area contributed by atoms with Gasteiger partial charge in [-0.15, -0.1) is 0 Å². The van der Waals surface area contributed by atoms with Crippen LogP contribution >= 0.6 is 0 Å². The average molecular weight is 432 g/mol. The first kappa shape index (κ1) is 24.3. The zero-order valence-corrected chi connectivity index (χ0v) is 16.6. The number of carboxylic acid groups (broad SMARTS) is 1. The number of carboxylic acids is 1. The first-order valence-electron chi connectivity index (χ1n) is 9.39. The number of ether oxygens (including phenoxy) is 1. The molecular formula is C17H28N4O9. The number of carbonyl (C=O) groups is 2. The van der Waals surface area contributed by atoms with Crippen LogP contribution in [0.3, 0.4) is 0 Å². The second kappa shape index (κ2) is 9.89. The summed E-state index contributed by atoms with van der Waals surface area (Å²) >= 11 is 0. The molecule has 30 heavy (non-hydrogen) atoms. The highest BCUT2D eigenvalue weighted by atomic mass is 16.6. The smallest absolute Gasteiger partial charge is 0.363 e. The molecule has 1 aliphatic rings. The van der Waals surface area contributed by atoms with Gasteiger partial charge in [-0.1, -0.05) is 13.8 Å². The van der Waals surface area contributed by atoms with Gasteiger partial charge in [-0.2, -0.15) is 0 Å². The standard InChI is InChI=1S/C17H28N4O9/c1-8(2)12(20-17(6-23)14(25)13(24)11(5-22)30-17)15(26)21(29)10(16(27)28)3-9-4-18-7-19-9/h4,7-8,10-14,20-25H,3,5-6H2,1-2H3,(H,18,19)(H,27,28)/t10-,11+,12-,13+,14-,17-/m0/s1. The quantitative estimate of drug-likeness (QED) is 0.166. The number of hydrogen-bond donors (Lipinski definition) is 8. The molecule has 0 spiro atoms. The maximum Gasteiger partial charge on any atom is 0.363 e. The van der Waals surface area contributed by atoms with E-state index in [-0.39, 0.29) is 6.42 Å². The maximum atomic E-state index is 12.9. The van der Waals surface area contributed by atoms with Gasteiger partial charge in [0.2, 0.25) is 0 Å². The molecule has 13 heteroatoms. The molecule has 8 N–H and O–H groups in total. The number of hydroxylamine groups is 2. The summed E-state index contributed by atoms with van der Waals surface area (Å²) in [4.78, 5) is 30.9. The number of nitrogens with one attached hydrogen (secondary N) is 3. The summed E-state index contributed by atoms with van der Waals surface area (Å²) in [7, 11) is 0. The number of aliphatic hydroxyl groups is 4. The first-order chi connectivity index (χ1) is 14.1. The zero-order chi connectivity index (χ0) is 22.6. The SMILES string of the molecule is CC(C)[C@H](N[C@@]1(CO)O[C@H](CO)[C@@H](O)[C@@H]1O)C(=O)[NH+]([O-])[C@@H](Cc1cnc[nH]1)C(=O)O. The first-order valence-corrected chi connectivity index (χ1v) is 9.39. The third kappa shape index (κ3) is 4.84. The summed E-state index contributed by atoms with van der Waals surface area (Å²) in [5.41, 5.74) is -1.67. The Labute approximate surface area is 171 Å². The molecule has 0 saturated carbocycles. The van der Waals surface area contributed by atoms with Crippen molar-refractivity contribution in [3.8, 4) is 0 Å². The Morgan fingerprint density at radius 2 is 2.07 bits per heavy atom. The molecule has 1 aromatic rings. The van der Waals surface area contributed by atoms with Gasteiger partial charge in [-0.3, -0.25) is 10.4 Å². The summed E-state index contributed by atoms with van der Waals surface area (Å²) in [6.07, 6.45) is -2.13. The normalized spacial score (nSPS) is 29.7. The average Bonchev–Trinajstić information content (AvgIpc) is 3.31. The zero-order valence-electron chi connectivity index (χ0n) is 16.6. The van der Waals surface area contributed by atoms with E-state index < -0.39 is 72.2 Å². The number of quaternary nitrogens is 1. The van der Waals surface area contributed by atoms with Crippen molar-refractivity contribution in [3.05, 3.63) is 23.4 Å². The van der Waals surface area contributed by atoms with Crippen LogP contribution in [0, 0.1) is 11.1 Å². The Bertz CT molecular complexity index is 716. The summed E-state index contributed by atoms with van der Waals surface area (Å²) < 4.78 is 5.37. The highest BCUT2D eigenvalue weighted by Gasteiger charge is 2.56. The minimum absolute atomic E-state index is 0.277. The van der Waals surface area contributed by atoms with Crippen LogP contribution in [-0.4, -0.2) is 96.7 Å². The van der Waals surface area contributed by atoms with Crippen LogP contribution in [0.15, 0.2) is 12.5 Å². The number of rotatable bonds is 10. The molecule has 1 saturated heterocycles. The van der Waals surface area contributed by atoms with E-state index in [1.807, 2.05) is 0 Å². The van der Waals surface area contributed by atoms with Gasteiger partial charge in [0, 0.05) is 11.9 Å². The minimum atomic E-state index is -2.03. The van der Waals surface area contributed by atoms with Crippen molar-refractivity contribution in [2.45, 2.75) is 56.4 Å². The predicted octanol–water partition coefficient (Wildman–Crippen LogP) is -4.27. The number of imidazole rings is 1. The minimum Gasteiger partial charge on any atom is -0.626 e. The molecule has 2 rings (SSSR count). The molecule has 1 aliphatic heterocycles. The summed E-state index contributed by atoms with van der Waals surface area (Å²) in [5, 5.41) is 63.0. The molecule has 7 atom stereocenters. The van der Waals surface area contributed by atoms with Crippen molar-refractivity contribution in [1.29, 1.82) is 0 Å². The van der Waals surface area contributed by atoms with Gasteiger partial charge in [0.1, 0.15) is 24.4 Å². The number of H-pyrrole nitrogens is 1. The molecule has 0 radical (unpaired) electrons. The second-order valence-corrected chi connectivity index (χ2v) is 7.59. The Morgan fingerprint density at radius 3 is 2.50 bits per heavy atom. The summed E-state index contributed by atoms with van der Waals surface area (Å²) in [6.45, 7) is 1.59. The van der Waals surface area contributed by atoms with E-state index in [0.29, 0.717) is 5.69 Å². The fraction of sp³-hybridized carbons (Fsp3) is 0.706. The Hall–Kier alpha value is -1.97.